The number of esters is 1. The largest absolute Gasteiger partial charge is 0.454 e. The molecule has 2 amide bonds. The Balaban J connectivity index is 1.31. The zero-order valence-electron chi connectivity index (χ0n) is 15.5. The predicted molar refractivity (Wildman–Crippen MR) is 106 cm³/mol. The Morgan fingerprint density at radius 3 is 2.82 bits per heavy atom. The highest BCUT2D eigenvalue weighted by atomic mass is 32.1. The molecule has 2 heterocycles. The second kappa shape index (κ2) is 8.14. The van der Waals surface area contributed by atoms with Crippen LogP contribution in [0, 0.1) is 0 Å². The molecule has 2 aliphatic rings. The Labute approximate surface area is 167 Å². The summed E-state index contributed by atoms with van der Waals surface area (Å²) in [5.74, 6) is -1.05. The number of nitrogens with one attached hydrogen (secondary N) is 1. The van der Waals surface area contributed by atoms with Crippen molar-refractivity contribution in [3.05, 3.63) is 51.7 Å². The zero-order valence-corrected chi connectivity index (χ0v) is 16.3. The summed E-state index contributed by atoms with van der Waals surface area (Å²) in [7, 11) is 0. The summed E-state index contributed by atoms with van der Waals surface area (Å²) in [6.07, 6.45) is 4.57. The molecule has 4 rings (SSSR count). The number of rotatable bonds is 5. The van der Waals surface area contributed by atoms with Gasteiger partial charge in [-0.2, -0.15) is 0 Å². The monoisotopic (exact) mass is 398 g/mol. The summed E-state index contributed by atoms with van der Waals surface area (Å²) < 4.78 is 5.21. The molecule has 1 N–H and O–H groups in total. The number of likely N-dealkylation sites (tertiary alicyclic amines) is 1. The molecule has 146 valence electrons. The molecule has 1 aromatic heterocycles. The van der Waals surface area contributed by atoms with Crippen molar-refractivity contribution >= 4 is 34.8 Å². The minimum atomic E-state index is -0.623. The highest BCUT2D eigenvalue weighted by Gasteiger charge is 2.36. The average molecular weight is 398 g/mol. The van der Waals surface area contributed by atoms with E-state index in [2.05, 4.69) is 5.32 Å². The number of thiophene rings is 1. The van der Waals surface area contributed by atoms with Crippen molar-refractivity contribution in [2.24, 2.45) is 0 Å². The smallest absolute Gasteiger partial charge is 0.329 e. The lowest BCUT2D eigenvalue weighted by molar-refractivity contribution is -0.151. The van der Waals surface area contributed by atoms with Gasteiger partial charge in [0.2, 0.25) is 0 Å². The molecular formula is C21H22N2O4S. The Kier molecular flexibility index (Phi) is 5.43. The molecule has 1 saturated heterocycles. The van der Waals surface area contributed by atoms with Crippen LogP contribution < -0.4 is 5.32 Å². The Morgan fingerprint density at radius 2 is 2.00 bits per heavy atom. The maximum atomic E-state index is 12.5. The van der Waals surface area contributed by atoms with Gasteiger partial charge in [-0.1, -0.05) is 12.1 Å². The van der Waals surface area contributed by atoms with E-state index in [1.54, 1.807) is 11.0 Å². The molecule has 28 heavy (non-hydrogen) atoms. The summed E-state index contributed by atoms with van der Waals surface area (Å²) in [5.41, 5.74) is 3.32. The average Bonchev–Trinajstić information content (AvgIpc) is 3.46. The Hall–Kier alpha value is -2.67. The lowest BCUT2D eigenvalue weighted by atomic mass is 10.1. The number of anilines is 1. The van der Waals surface area contributed by atoms with Crippen LogP contribution in [-0.2, 0) is 27.2 Å². The molecule has 6 nitrogen and oxygen atoms in total. The van der Waals surface area contributed by atoms with Crippen LogP contribution in [0.5, 0.6) is 0 Å². The predicted octanol–water partition coefficient (Wildman–Crippen LogP) is 3.02. The number of hydrogen-bond acceptors (Lipinski definition) is 5. The number of benzene rings is 1. The first-order chi connectivity index (χ1) is 13.6. The van der Waals surface area contributed by atoms with E-state index in [4.69, 9.17) is 4.74 Å². The fourth-order valence-electron chi connectivity index (χ4n) is 3.88. The minimum absolute atomic E-state index is 0.156. The van der Waals surface area contributed by atoms with Gasteiger partial charge in [0.15, 0.2) is 6.61 Å². The van der Waals surface area contributed by atoms with E-state index >= 15 is 0 Å². The van der Waals surface area contributed by atoms with Crippen molar-refractivity contribution in [2.45, 2.75) is 38.1 Å². The number of amides is 2. The van der Waals surface area contributed by atoms with Crippen LogP contribution in [0.1, 0.15) is 40.1 Å². The van der Waals surface area contributed by atoms with Gasteiger partial charge in [-0.25, -0.2) is 4.79 Å². The maximum Gasteiger partial charge on any atom is 0.329 e. The molecule has 1 atom stereocenters. The van der Waals surface area contributed by atoms with E-state index in [0.717, 1.165) is 31.4 Å². The number of nitrogens with zero attached hydrogens (tertiary/aromatic N) is 1. The van der Waals surface area contributed by atoms with Gasteiger partial charge < -0.3 is 15.0 Å². The van der Waals surface area contributed by atoms with Gasteiger partial charge in [-0.3, -0.25) is 9.59 Å². The summed E-state index contributed by atoms with van der Waals surface area (Å²) in [5, 5.41) is 4.61. The second-order valence-electron chi connectivity index (χ2n) is 7.13. The van der Waals surface area contributed by atoms with Crippen LogP contribution in [0.25, 0.3) is 0 Å². The topological polar surface area (TPSA) is 75.7 Å². The highest BCUT2D eigenvalue weighted by Crippen LogP contribution is 2.25. The van der Waals surface area contributed by atoms with Gasteiger partial charge in [0.05, 0.1) is 4.88 Å². The molecule has 1 aliphatic heterocycles. The summed E-state index contributed by atoms with van der Waals surface area (Å²) in [4.78, 5) is 39.3. The number of carbonyl (C=O) groups is 3. The molecule has 1 fully saturated rings. The number of hydrogen-bond donors (Lipinski definition) is 1. The molecule has 2 aromatic rings. The van der Waals surface area contributed by atoms with E-state index in [1.165, 1.54) is 22.5 Å². The van der Waals surface area contributed by atoms with Crippen LogP contribution in [0.3, 0.4) is 0 Å². The van der Waals surface area contributed by atoms with Gasteiger partial charge >= 0.3 is 5.97 Å². The lowest BCUT2D eigenvalue weighted by Crippen LogP contribution is -2.41. The fraction of sp³-hybridized carbons (Fsp3) is 0.381. The van der Waals surface area contributed by atoms with Crippen LogP contribution in [0.2, 0.25) is 0 Å². The van der Waals surface area contributed by atoms with E-state index in [-0.39, 0.29) is 18.4 Å². The second-order valence-corrected chi connectivity index (χ2v) is 8.07. The normalized spacial score (nSPS) is 18.0. The SMILES string of the molecule is O=C(COC(=O)C1CCCN1C(=O)c1cccs1)Nc1ccc2c(c1)CCC2. The van der Waals surface area contributed by atoms with Crippen molar-refractivity contribution in [1.29, 1.82) is 0 Å². The van der Waals surface area contributed by atoms with Gasteiger partial charge in [0, 0.05) is 12.2 Å². The molecular weight excluding hydrogens is 376 g/mol. The van der Waals surface area contributed by atoms with E-state index in [0.29, 0.717) is 17.8 Å². The van der Waals surface area contributed by atoms with E-state index < -0.39 is 12.0 Å². The molecule has 7 heteroatoms. The van der Waals surface area contributed by atoms with Crippen LogP contribution in [0.15, 0.2) is 35.7 Å². The van der Waals surface area contributed by atoms with Crippen molar-refractivity contribution in [3.8, 4) is 0 Å². The number of fused-ring (bicyclic) bond motifs is 1. The van der Waals surface area contributed by atoms with Crippen LogP contribution >= 0.6 is 11.3 Å². The molecule has 0 saturated carbocycles. The first kappa shape index (κ1) is 18.7. The van der Waals surface area contributed by atoms with Crippen LogP contribution in [-0.4, -0.2) is 41.9 Å². The maximum absolute atomic E-state index is 12.5. The summed E-state index contributed by atoms with van der Waals surface area (Å²) >= 11 is 1.35. The highest BCUT2D eigenvalue weighted by molar-refractivity contribution is 7.12. The van der Waals surface area contributed by atoms with E-state index in [1.807, 2.05) is 29.6 Å². The van der Waals surface area contributed by atoms with Gasteiger partial charge in [0.1, 0.15) is 6.04 Å². The standard InChI is InChI=1S/C21H22N2O4S/c24-19(22-16-9-8-14-4-1-5-15(14)12-16)13-27-21(26)17-6-2-10-23(17)20(25)18-7-3-11-28-18/h3,7-9,11-12,17H,1-2,4-6,10,13H2,(H,22,24). The first-order valence-electron chi connectivity index (χ1n) is 9.54. The van der Waals surface area contributed by atoms with Gasteiger partial charge in [-0.15, -0.1) is 11.3 Å². The Bertz CT molecular complexity index is 894. The van der Waals surface area contributed by atoms with Gasteiger partial charge in [0.25, 0.3) is 11.8 Å². The summed E-state index contributed by atoms with van der Waals surface area (Å²) in [6, 6.07) is 8.84. The lowest BCUT2D eigenvalue weighted by Gasteiger charge is -2.22. The molecule has 0 bridgehead atoms. The zero-order chi connectivity index (χ0) is 19.5. The molecule has 0 spiro atoms. The number of aryl methyl sites for hydroxylation is 2. The minimum Gasteiger partial charge on any atom is -0.454 e. The first-order valence-corrected chi connectivity index (χ1v) is 10.4. The number of carbonyl (C=O) groups excluding carboxylic acids is 3. The van der Waals surface area contributed by atoms with Crippen LogP contribution in [0.4, 0.5) is 5.69 Å². The quantitative estimate of drug-likeness (QED) is 0.786. The van der Waals surface area contributed by atoms with Crippen molar-refractivity contribution in [3.63, 3.8) is 0 Å². The molecule has 1 aromatic carbocycles. The third-order valence-electron chi connectivity index (χ3n) is 5.25. The van der Waals surface area contributed by atoms with Crippen molar-refractivity contribution in [1.82, 2.24) is 4.90 Å². The molecule has 0 radical (unpaired) electrons. The molecule has 1 aliphatic carbocycles. The molecule has 1 unspecified atom stereocenters. The number of ether oxygens (including phenoxy) is 1. The Morgan fingerprint density at radius 1 is 1.14 bits per heavy atom. The van der Waals surface area contributed by atoms with Crippen molar-refractivity contribution < 1.29 is 19.1 Å². The third kappa shape index (κ3) is 3.94. The van der Waals surface area contributed by atoms with Crippen molar-refractivity contribution in [2.75, 3.05) is 18.5 Å². The third-order valence-corrected chi connectivity index (χ3v) is 6.10. The fourth-order valence-corrected chi connectivity index (χ4v) is 4.56. The van der Waals surface area contributed by atoms with E-state index in [9.17, 15) is 14.4 Å². The van der Waals surface area contributed by atoms with Gasteiger partial charge in [-0.05, 0) is 66.8 Å². The summed E-state index contributed by atoms with van der Waals surface area (Å²) in [6.45, 7) is 0.172.